The molecule has 0 radical (unpaired) electrons. The van der Waals surface area contributed by atoms with Crippen molar-refractivity contribution in [3.8, 4) is 5.75 Å². The van der Waals surface area contributed by atoms with E-state index in [1.165, 1.54) is 6.07 Å². The van der Waals surface area contributed by atoms with Crippen LogP contribution in [0.1, 0.15) is 46.1 Å². The molecule has 0 saturated carbocycles. The highest BCUT2D eigenvalue weighted by Crippen LogP contribution is 2.19. The zero-order valence-corrected chi connectivity index (χ0v) is 13.9. The van der Waals surface area contributed by atoms with Gasteiger partial charge in [0.1, 0.15) is 5.60 Å². The van der Waals surface area contributed by atoms with Crippen LogP contribution in [0.4, 0.5) is 4.79 Å². The van der Waals surface area contributed by atoms with Crippen LogP contribution in [0.2, 0.25) is 0 Å². The zero-order valence-electron chi connectivity index (χ0n) is 12.3. The van der Waals surface area contributed by atoms with E-state index in [1.807, 2.05) is 13.8 Å². The molecule has 0 aliphatic rings. The van der Waals surface area contributed by atoms with E-state index in [1.54, 1.807) is 32.9 Å². The largest absolute Gasteiger partial charge is 0.514 e. The Morgan fingerprint density at radius 2 is 1.85 bits per heavy atom. The molecule has 0 unspecified atom stereocenters. The van der Waals surface area contributed by atoms with E-state index < -0.39 is 11.8 Å². The van der Waals surface area contributed by atoms with Crippen LogP contribution in [0, 0.1) is 0 Å². The number of hydrogen-bond donors (Lipinski definition) is 0. The third kappa shape index (κ3) is 4.96. The smallest absolute Gasteiger partial charge is 0.428 e. The number of hydrogen-bond acceptors (Lipinski definition) is 4. The lowest BCUT2D eigenvalue weighted by Gasteiger charge is -2.18. The molecule has 0 amide bonds. The summed E-state index contributed by atoms with van der Waals surface area (Å²) in [5.74, 6) is 0.200. The van der Waals surface area contributed by atoms with Gasteiger partial charge in [-0.2, -0.15) is 0 Å². The molecule has 0 atom stereocenters. The number of carbonyl (C=O) groups is 1. The highest BCUT2D eigenvalue weighted by molar-refractivity contribution is 9.10. The van der Waals surface area contributed by atoms with Gasteiger partial charge in [0.15, 0.2) is 5.75 Å². The Hall–Kier alpha value is -1.36. The van der Waals surface area contributed by atoms with Crippen molar-refractivity contribution in [2.75, 3.05) is 0 Å². The van der Waals surface area contributed by atoms with Crippen LogP contribution in [0.5, 0.6) is 5.75 Å². The fourth-order valence-electron chi connectivity index (χ4n) is 1.43. The van der Waals surface area contributed by atoms with Gasteiger partial charge in [-0.05, 0) is 60.3 Å². The van der Waals surface area contributed by atoms with Crippen molar-refractivity contribution in [2.45, 2.75) is 46.1 Å². The van der Waals surface area contributed by atoms with Crippen LogP contribution in [0.25, 0.3) is 0 Å². The minimum atomic E-state index is -0.890. The molecule has 0 aliphatic heterocycles. The number of halogens is 1. The minimum Gasteiger partial charge on any atom is -0.428 e. The lowest BCUT2D eigenvalue weighted by molar-refractivity contribution is 0.0204. The molecule has 1 aromatic rings. The lowest BCUT2D eigenvalue weighted by Crippen LogP contribution is -2.27. The van der Waals surface area contributed by atoms with E-state index in [0.717, 1.165) is 5.56 Å². The first-order valence-corrected chi connectivity index (χ1v) is 7.14. The van der Waals surface area contributed by atoms with E-state index in [-0.39, 0.29) is 17.1 Å². The summed E-state index contributed by atoms with van der Waals surface area (Å²) in [6.45, 7) is 9.21. The van der Waals surface area contributed by atoms with E-state index in [0.29, 0.717) is 4.47 Å². The summed E-state index contributed by atoms with van der Waals surface area (Å²) in [5, 5.41) is 0. The summed E-state index contributed by atoms with van der Waals surface area (Å²) in [4.78, 5) is 23.7. The Kier molecular flexibility index (Phi) is 5.34. The highest BCUT2D eigenvalue weighted by atomic mass is 79.9. The van der Waals surface area contributed by atoms with Crippen molar-refractivity contribution < 1.29 is 14.3 Å². The first-order chi connectivity index (χ1) is 9.10. The quantitative estimate of drug-likeness (QED) is 0.754. The molecule has 0 fully saturated rings. The normalized spacial score (nSPS) is 11.3. The average Bonchev–Trinajstić information content (AvgIpc) is 2.40. The molecular weight excluding hydrogens is 324 g/mol. The van der Waals surface area contributed by atoms with E-state index in [9.17, 15) is 9.59 Å². The van der Waals surface area contributed by atoms with Crippen molar-refractivity contribution in [1.29, 1.82) is 0 Å². The molecule has 110 valence electrons. The maximum atomic E-state index is 12.1. The molecule has 0 spiro atoms. The molecule has 0 aliphatic carbocycles. The van der Waals surface area contributed by atoms with E-state index in [2.05, 4.69) is 15.9 Å². The summed E-state index contributed by atoms with van der Waals surface area (Å²) < 4.78 is 10.4. The molecule has 5 heteroatoms. The Balaban J connectivity index is 3.09. The van der Waals surface area contributed by atoms with Crippen molar-refractivity contribution in [2.24, 2.45) is 0 Å². The summed E-state index contributed by atoms with van der Waals surface area (Å²) in [6, 6.07) is 4.98. The first kappa shape index (κ1) is 16.7. The van der Waals surface area contributed by atoms with Gasteiger partial charge in [0.25, 0.3) is 0 Å². The SMILES string of the molecule is CC(C)c1ccc(OC(=O)OC(C)(C)C)c(=O)c(Br)c1. The highest BCUT2D eigenvalue weighted by Gasteiger charge is 2.19. The minimum absolute atomic E-state index is 0.0574. The molecule has 0 saturated heterocycles. The van der Waals surface area contributed by atoms with Gasteiger partial charge in [-0.3, -0.25) is 4.79 Å². The molecule has 0 aromatic heterocycles. The number of carbonyl (C=O) groups excluding carboxylic acids is 1. The van der Waals surface area contributed by atoms with Crippen molar-refractivity contribution >= 4 is 22.1 Å². The fraction of sp³-hybridized carbons (Fsp3) is 0.467. The summed E-state index contributed by atoms with van der Waals surface area (Å²) in [5.41, 5.74) is -0.0898. The van der Waals surface area contributed by atoms with Crippen LogP contribution < -0.4 is 10.2 Å². The van der Waals surface area contributed by atoms with Crippen LogP contribution in [0.15, 0.2) is 27.5 Å². The van der Waals surface area contributed by atoms with Crippen LogP contribution >= 0.6 is 15.9 Å². The number of rotatable bonds is 2. The zero-order chi connectivity index (χ0) is 15.5. The van der Waals surface area contributed by atoms with Gasteiger partial charge in [0.2, 0.25) is 5.43 Å². The molecule has 0 N–H and O–H groups in total. The Morgan fingerprint density at radius 3 is 2.35 bits per heavy atom. The fourth-order valence-corrected chi connectivity index (χ4v) is 1.89. The maximum absolute atomic E-state index is 12.1. The molecular formula is C15H19BrO4. The predicted molar refractivity (Wildman–Crippen MR) is 81.4 cm³/mol. The summed E-state index contributed by atoms with van der Waals surface area (Å²) in [6.07, 6.45) is -0.890. The summed E-state index contributed by atoms with van der Waals surface area (Å²) >= 11 is 3.20. The maximum Gasteiger partial charge on any atom is 0.514 e. The van der Waals surface area contributed by atoms with Gasteiger partial charge >= 0.3 is 6.16 Å². The molecule has 1 aromatic carbocycles. The Labute approximate surface area is 127 Å². The van der Waals surface area contributed by atoms with Gasteiger partial charge in [-0.15, -0.1) is 0 Å². The second-order valence-corrected chi connectivity index (χ2v) is 6.59. The Bertz CT molecular complexity index is 559. The topological polar surface area (TPSA) is 52.6 Å². The lowest BCUT2D eigenvalue weighted by atomic mass is 10.1. The first-order valence-electron chi connectivity index (χ1n) is 6.35. The Morgan fingerprint density at radius 1 is 1.25 bits per heavy atom. The van der Waals surface area contributed by atoms with E-state index in [4.69, 9.17) is 9.47 Å². The van der Waals surface area contributed by atoms with Gasteiger partial charge in [-0.25, -0.2) is 4.79 Å². The molecule has 0 bridgehead atoms. The van der Waals surface area contributed by atoms with Crippen LogP contribution in [0.3, 0.4) is 0 Å². The second-order valence-electron chi connectivity index (χ2n) is 5.74. The van der Waals surface area contributed by atoms with Crippen molar-refractivity contribution in [3.63, 3.8) is 0 Å². The standard InChI is InChI=1S/C15H19BrO4/c1-9(2)10-6-7-12(13(17)11(16)8-10)19-14(18)20-15(3,4)5/h6-9H,1-5H3. The molecule has 4 nitrogen and oxygen atoms in total. The second kappa shape index (κ2) is 6.39. The molecule has 20 heavy (non-hydrogen) atoms. The van der Waals surface area contributed by atoms with Crippen LogP contribution in [-0.4, -0.2) is 11.8 Å². The van der Waals surface area contributed by atoms with Crippen LogP contribution in [-0.2, 0) is 4.74 Å². The van der Waals surface area contributed by atoms with Gasteiger partial charge in [0, 0.05) is 0 Å². The monoisotopic (exact) mass is 342 g/mol. The molecule has 1 rings (SSSR count). The van der Waals surface area contributed by atoms with Gasteiger partial charge < -0.3 is 9.47 Å². The van der Waals surface area contributed by atoms with E-state index >= 15 is 0 Å². The third-order valence-corrected chi connectivity index (χ3v) is 3.00. The average molecular weight is 343 g/mol. The van der Waals surface area contributed by atoms with Crippen molar-refractivity contribution in [1.82, 2.24) is 0 Å². The van der Waals surface area contributed by atoms with Gasteiger partial charge in [-0.1, -0.05) is 19.9 Å². The third-order valence-electron chi connectivity index (χ3n) is 2.41. The molecule has 0 heterocycles. The number of ether oxygens (including phenoxy) is 2. The van der Waals surface area contributed by atoms with Gasteiger partial charge in [0.05, 0.1) is 4.47 Å². The predicted octanol–water partition coefficient (Wildman–Crippen LogP) is 4.25. The van der Waals surface area contributed by atoms with Crippen molar-refractivity contribution in [3.05, 3.63) is 38.5 Å². The summed E-state index contributed by atoms with van der Waals surface area (Å²) in [7, 11) is 0.